The van der Waals surface area contributed by atoms with Crippen LogP contribution in [0.1, 0.15) is 41.8 Å². The van der Waals surface area contributed by atoms with E-state index in [0.29, 0.717) is 24.4 Å². The second-order valence-corrected chi connectivity index (χ2v) is 6.80. The average molecular weight is 368 g/mol. The minimum absolute atomic E-state index is 0.0686. The van der Waals surface area contributed by atoms with Crippen LogP contribution in [0.2, 0.25) is 0 Å². The third-order valence-electron chi connectivity index (χ3n) is 4.99. The summed E-state index contributed by atoms with van der Waals surface area (Å²) in [5.74, 6) is 0.285. The molecule has 2 aromatic rings. The molecule has 1 atom stereocenters. The number of carbonyl (C=O) groups is 2. The fourth-order valence-corrected chi connectivity index (χ4v) is 3.55. The van der Waals surface area contributed by atoms with Crippen molar-refractivity contribution in [3.63, 3.8) is 0 Å². The number of amides is 1. The number of hydrogen-bond donors (Lipinski definition) is 1. The summed E-state index contributed by atoms with van der Waals surface area (Å²) in [5, 5.41) is 0. The van der Waals surface area contributed by atoms with Crippen molar-refractivity contribution >= 4 is 17.6 Å². The van der Waals surface area contributed by atoms with E-state index >= 15 is 0 Å². The fraction of sp³-hybridized carbons (Fsp3) is 0.333. The molecule has 6 heteroatoms. The zero-order chi connectivity index (χ0) is 19.6. The van der Waals surface area contributed by atoms with Crippen LogP contribution in [0.3, 0.4) is 0 Å². The highest BCUT2D eigenvalue weighted by Crippen LogP contribution is 2.43. The third kappa shape index (κ3) is 3.47. The van der Waals surface area contributed by atoms with Crippen molar-refractivity contribution < 1.29 is 19.1 Å². The first-order valence-electron chi connectivity index (χ1n) is 8.89. The lowest BCUT2D eigenvalue weighted by atomic mass is 9.87. The monoisotopic (exact) mass is 368 g/mol. The summed E-state index contributed by atoms with van der Waals surface area (Å²) < 4.78 is 10.3. The smallest absolute Gasteiger partial charge is 0.308 e. The predicted molar refractivity (Wildman–Crippen MR) is 102 cm³/mol. The molecule has 142 valence electrons. The number of hydrogen-bond acceptors (Lipinski definition) is 5. The van der Waals surface area contributed by atoms with E-state index < -0.39 is 5.54 Å². The van der Waals surface area contributed by atoms with E-state index in [4.69, 9.17) is 15.2 Å². The highest BCUT2D eigenvalue weighted by molar-refractivity contribution is 6.01. The van der Waals surface area contributed by atoms with Crippen molar-refractivity contribution in [2.24, 2.45) is 0 Å². The van der Waals surface area contributed by atoms with E-state index in [2.05, 4.69) is 0 Å². The first kappa shape index (κ1) is 18.8. The number of rotatable bonds is 6. The van der Waals surface area contributed by atoms with Crippen LogP contribution in [0.15, 0.2) is 42.5 Å². The predicted octanol–water partition coefficient (Wildman–Crippen LogP) is 3.10. The summed E-state index contributed by atoms with van der Waals surface area (Å²) in [6, 6.07) is 12.7. The minimum atomic E-state index is -0.825. The van der Waals surface area contributed by atoms with Crippen molar-refractivity contribution in [2.45, 2.75) is 32.4 Å². The Bertz CT molecular complexity index is 863. The Kier molecular flexibility index (Phi) is 5.08. The zero-order valence-corrected chi connectivity index (χ0v) is 15.8. The van der Waals surface area contributed by atoms with Crippen molar-refractivity contribution in [3.05, 3.63) is 59.2 Å². The summed E-state index contributed by atoms with van der Waals surface area (Å²) in [6.07, 6.45) is 0.0686. The minimum Gasteiger partial charge on any atom is -0.497 e. The molecule has 0 bridgehead atoms. The van der Waals surface area contributed by atoms with Crippen LogP contribution in [0.25, 0.3) is 0 Å². The molecule has 6 nitrogen and oxygen atoms in total. The summed E-state index contributed by atoms with van der Waals surface area (Å²) in [7, 11) is 1.61. The second-order valence-electron chi connectivity index (χ2n) is 6.80. The van der Waals surface area contributed by atoms with Gasteiger partial charge < -0.3 is 20.1 Å². The van der Waals surface area contributed by atoms with E-state index in [1.165, 1.54) is 0 Å². The van der Waals surface area contributed by atoms with Crippen LogP contribution >= 0.6 is 0 Å². The van der Waals surface area contributed by atoms with Crippen molar-refractivity contribution in [1.29, 1.82) is 0 Å². The van der Waals surface area contributed by atoms with E-state index in [0.717, 1.165) is 16.9 Å². The Morgan fingerprint density at radius 1 is 1.19 bits per heavy atom. The molecule has 1 aliphatic rings. The Morgan fingerprint density at radius 3 is 2.52 bits per heavy atom. The highest BCUT2D eigenvalue weighted by atomic mass is 16.5. The van der Waals surface area contributed by atoms with Crippen LogP contribution in [0, 0.1) is 0 Å². The molecule has 0 saturated carbocycles. The van der Waals surface area contributed by atoms with Crippen molar-refractivity contribution in [1.82, 2.24) is 4.90 Å². The van der Waals surface area contributed by atoms with Gasteiger partial charge in [-0.1, -0.05) is 12.1 Å². The second kappa shape index (κ2) is 7.31. The normalized spacial score (nSPS) is 18.3. The largest absolute Gasteiger partial charge is 0.497 e. The standard InChI is InChI=1S/C21H24N2O4/c1-4-27-19(24)12-21(2)18-11-15(22)7-10-17(18)20(25)23(21)13-14-5-8-16(26-3)9-6-14/h5-11H,4,12-13,22H2,1-3H3. The quantitative estimate of drug-likeness (QED) is 0.626. The molecule has 3 rings (SSSR count). The molecule has 0 saturated heterocycles. The molecule has 1 aliphatic heterocycles. The maximum absolute atomic E-state index is 13.1. The van der Waals surface area contributed by atoms with Crippen LogP contribution < -0.4 is 10.5 Å². The molecule has 0 fully saturated rings. The first-order chi connectivity index (χ1) is 12.9. The molecule has 0 radical (unpaired) electrons. The number of carbonyl (C=O) groups excluding carboxylic acids is 2. The molecular weight excluding hydrogens is 344 g/mol. The van der Waals surface area contributed by atoms with Gasteiger partial charge in [0.05, 0.1) is 25.7 Å². The number of ether oxygens (including phenoxy) is 2. The van der Waals surface area contributed by atoms with E-state index in [9.17, 15) is 9.59 Å². The van der Waals surface area contributed by atoms with Gasteiger partial charge in [-0.05, 0) is 55.3 Å². The SMILES string of the molecule is CCOC(=O)CC1(C)c2cc(N)ccc2C(=O)N1Cc1ccc(OC)cc1. The van der Waals surface area contributed by atoms with Crippen LogP contribution in [0.5, 0.6) is 5.75 Å². The Morgan fingerprint density at radius 2 is 1.89 bits per heavy atom. The van der Waals surface area contributed by atoms with E-state index in [1.54, 1.807) is 37.1 Å². The maximum atomic E-state index is 13.1. The maximum Gasteiger partial charge on any atom is 0.308 e. The lowest BCUT2D eigenvalue weighted by Gasteiger charge is -2.35. The molecule has 2 N–H and O–H groups in total. The van der Waals surface area contributed by atoms with Crippen LogP contribution in [-0.2, 0) is 21.6 Å². The summed E-state index contributed by atoms with van der Waals surface area (Å²) in [6.45, 7) is 4.32. The van der Waals surface area contributed by atoms with Crippen LogP contribution in [0.4, 0.5) is 5.69 Å². The van der Waals surface area contributed by atoms with Gasteiger partial charge in [-0.25, -0.2) is 0 Å². The van der Waals surface area contributed by atoms with Crippen LogP contribution in [-0.4, -0.2) is 30.5 Å². The summed E-state index contributed by atoms with van der Waals surface area (Å²) in [4.78, 5) is 27.1. The average Bonchev–Trinajstić information content (AvgIpc) is 2.84. The molecule has 0 aliphatic carbocycles. The third-order valence-corrected chi connectivity index (χ3v) is 4.99. The Hall–Kier alpha value is -3.02. The Balaban J connectivity index is 1.99. The lowest BCUT2D eigenvalue weighted by Crippen LogP contribution is -2.42. The molecule has 1 unspecified atom stereocenters. The van der Waals surface area contributed by atoms with Gasteiger partial charge in [0.2, 0.25) is 0 Å². The van der Waals surface area contributed by atoms with Gasteiger partial charge in [0, 0.05) is 17.8 Å². The van der Waals surface area contributed by atoms with Gasteiger partial charge in [0.1, 0.15) is 5.75 Å². The van der Waals surface area contributed by atoms with Gasteiger partial charge in [-0.3, -0.25) is 9.59 Å². The number of benzene rings is 2. The van der Waals surface area contributed by atoms with E-state index in [-0.39, 0.29) is 18.3 Å². The number of fused-ring (bicyclic) bond motifs is 1. The number of nitrogen functional groups attached to an aromatic ring is 1. The zero-order valence-electron chi connectivity index (χ0n) is 15.8. The fourth-order valence-electron chi connectivity index (χ4n) is 3.55. The molecule has 27 heavy (non-hydrogen) atoms. The van der Waals surface area contributed by atoms with E-state index in [1.807, 2.05) is 31.2 Å². The molecule has 2 aromatic carbocycles. The number of anilines is 1. The van der Waals surface area contributed by atoms with Crippen molar-refractivity contribution in [2.75, 3.05) is 19.5 Å². The molecule has 1 amide bonds. The summed E-state index contributed by atoms with van der Waals surface area (Å²) >= 11 is 0. The van der Waals surface area contributed by atoms with Crippen molar-refractivity contribution in [3.8, 4) is 5.75 Å². The number of nitrogens with two attached hydrogens (primary N) is 1. The molecule has 0 spiro atoms. The summed E-state index contributed by atoms with van der Waals surface area (Å²) in [5.41, 5.74) is 7.97. The van der Waals surface area contributed by atoms with Gasteiger partial charge >= 0.3 is 5.97 Å². The number of nitrogens with zero attached hydrogens (tertiary/aromatic N) is 1. The highest BCUT2D eigenvalue weighted by Gasteiger charge is 2.47. The van der Waals surface area contributed by atoms with Gasteiger partial charge in [0.15, 0.2) is 0 Å². The van der Waals surface area contributed by atoms with Gasteiger partial charge in [-0.15, -0.1) is 0 Å². The number of methoxy groups -OCH3 is 1. The lowest BCUT2D eigenvalue weighted by molar-refractivity contribution is -0.146. The molecular formula is C21H24N2O4. The topological polar surface area (TPSA) is 81.9 Å². The number of esters is 1. The molecule has 1 heterocycles. The van der Waals surface area contributed by atoms with Gasteiger partial charge in [-0.2, -0.15) is 0 Å². The van der Waals surface area contributed by atoms with Gasteiger partial charge in [0.25, 0.3) is 5.91 Å². The Labute approximate surface area is 158 Å². The molecule has 0 aromatic heterocycles. The first-order valence-corrected chi connectivity index (χ1v) is 8.89.